The van der Waals surface area contributed by atoms with E-state index in [2.05, 4.69) is 4.72 Å². The van der Waals surface area contributed by atoms with Gasteiger partial charge < -0.3 is 4.90 Å². The molecule has 0 radical (unpaired) electrons. The van der Waals surface area contributed by atoms with Gasteiger partial charge in [0, 0.05) is 36.3 Å². The number of anilines is 1. The summed E-state index contributed by atoms with van der Waals surface area (Å²) in [6.07, 6.45) is 0.683. The van der Waals surface area contributed by atoms with Crippen LogP contribution in [0.1, 0.15) is 12.5 Å². The summed E-state index contributed by atoms with van der Waals surface area (Å²) < 4.78 is 27.6. The highest BCUT2D eigenvalue weighted by molar-refractivity contribution is 7.99. The number of rotatable bonds is 6. The number of hydrogen-bond acceptors (Lipinski definition) is 4. The highest BCUT2D eigenvalue weighted by atomic mass is 32.2. The van der Waals surface area contributed by atoms with Gasteiger partial charge in [-0.25, -0.2) is 13.1 Å². The Bertz CT molecular complexity index is 867. The van der Waals surface area contributed by atoms with Crippen molar-refractivity contribution >= 4 is 33.4 Å². The van der Waals surface area contributed by atoms with Crippen molar-refractivity contribution < 1.29 is 13.2 Å². The van der Waals surface area contributed by atoms with E-state index in [1.807, 2.05) is 30.3 Å². The Labute approximate surface area is 152 Å². The van der Waals surface area contributed by atoms with Crippen molar-refractivity contribution in [2.45, 2.75) is 23.1 Å². The third-order valence-corrected chi connectivity index (χ3v) is 6.52. The Hall–Kier alpha value is -1.83. The van der Waals surface area contributed by atoms with Crippen LogP contribution in [0.25, 0.3) is 0 Å². The van der Waals surface area contributed by atoms with E-state index < -0.39 is 10.0 Å². The number of thioether (sulfide) groups is 1. The Morgan fingerprint density at radius 3 is 2.68 bits per heavy atom. The maximum atomic E-state index is 12.5. The van der Waals surface area contributed by atoms with Crippen LogP contribution in [-0.2, 0) is 21.2 Å². The lowest BCUT2D eigenvalue weighted by Crippen LogP contribution is -2.26. The molecule has 3 rings (SSSR count). The number of nitrogens with one attached hydrogen (secondary N) is 1. The van der Waals surface area contributed by atoms with Crippen LogP contribution in [0.15, 0.2) is 58.3 Å². The first kappa shape index (κ1) is 18.0. The smallest absolute Gasteiger partial charge is 0.240 e. The second kappa shape index (κ2) is 7.59. The van der Waals surface area contributed by atoms with Gasteiger partial charge in [0.1, 0.15) is 0 Å². The van der Waals surface area contributed by atoms with Crippen molar-refractivity contribution in [1.29, 1.82) is 0 Å². The number of amides is 1. The maximum absolute atomic E-state index is 12.5. The van der Waals surface area contributed by atoms with Crippen molar-refractivity contribution in [3.63, 3.8) is 0 Å². The Morgan fingerprint density at radius 1 is 1.20 bits per heavy atom. The van der Waals surface area contributed by atoms with E-state index in [0.29, 0.717) is 25.3 Å². The van der Waals surface area contributed by atoms with Crippen LogP contribution < -0.4 is 9.62 Å². The van der Waals surface area contributed by atoms with E-state index in [9.17, 15) is 13.2 Å². The summed E-state index contributed by atoms with van der Waals surface area (Å²) in [6, 6.07) is 14.8. The van der Waals surface area contributed by atoms with Crippen LogP contribution in [0, 0.1) is 0 Å². The fourth-order valence-corrected chi connectivity index (χ4v) is 4.82. The fraction of sp³-hybridized carbons (Fsp3) is 0.278. The second-order valence-corrected chi connectivity index (χ2v) is 8.71. The summed E-state index contributed by atoms with van der Waals surface area (Å²) in [5, 5.41) is 0. The zero-order chi connectivity index (χ0) is 17.9. The highest BCUT2D eigenvalue weighted by Crippen LogP contribution is 2.30. The van der Waals surface area contributed by atoms with E-state index in [1.54, 1.807) is 34.9 Å². The molecule has 1 aliphatic rings. The number of sulfonamides is 1. The Balaban J connectivity index is 1.62. The minimum Gasteiger partial charge on any atom is -0.312 e. The van der Waals surface area contributed by atoms with Gasteiger partial charge in [0.15, 0.2) is 0 Å². The molecule has 0 aromatic heterocycles. The van der Waals surface area contributed by atoms with Gasteiger partial charge in [-0.15, -0.1) is 11.8 Å². The molecule has 7 heteroatoms. The molecule has 1 heterocycles. The number of fused-ring (bicyclic) bond motifs is 1. The zero-order valence-electron chi connectivity index (χ0n) is 13.9. The van der Waals surface area contributed by atoms with Crippen LogP contribution in [0.3, 0.4) is 0 Å². The minimum absolute atomic E-state index is 0.0228. The molecule has 0 atom stereocenters. The molecule has 5 nitrogen and oxygen atoms in total. The molecule has 0 unspecified atom stereocenters. The quantitative estimate of drug-likeness (QED) is 0.622. The molecule has 2 aromatic rings. The molecule has 1 N–H and O–H groups in total. The standard InChI is InChI=1S/C18H20N2O3S2/c1-14(21)20-11-9-15-13-17(7-8-18(15)20)25(22,23)19-10-12-24-16-5-3-2-4-6-16/h2-8,13,19H,9-12H2,1H3. The minimum atomic E-state index is -3.54. The third-order valence-electron chi connectivity index (χ3n) is 4.04. The topological polar surface area (TPSA) is 66.5 Å². The van der Waals surface area contributed by atoms with Gasteiger partial charge in [-0.2, -0.15) is 0 Å². The molecule has 0 fully saturated rings. The molecule has 0 saturated heterocycles. The van der Waals surface area contributed by atoms with Crippen molar-refractivity contribution in [1.82, 2.24) is 4.72 Å². The number of hydrogen-bond donors (Lipinski definition) is 1. The molecule has 132 valence electrons. The van der Waals surface area contributed by atoms with E-state index in [0.717, 1.165) is 16.1 Å². The molecule has 0 spiro atoms. The first-order chi connectivity index (χ1) is 12.0. The average Bonchev–Trinajstić information content (AvgIpc) is 3.03. The molecular formula is C18H20N2O3S2. The van der Waals surface area contributed by atoms with Crippen molar-refractivity contribution in [3.8, 4) is 0 Å². The lowest BCUT2D eigenvalue weighted by molar-refractivity contribution is -0.116. The van der Waals surface area contributed by atoms with Crippen molar-refractivity contribution in [3.05, 3.63) is 54.1 Å². The molecule has 0 saturated carbocycles. The van der Waals surface area contributed by atoms with Gasteiger partial charge in [-0.05, 0) is 42.3 Å². The summed E-state index contributed by atoms with van der Waals surface area (Å²) in [6.45, 7) is 2.49. The molecule has 1 amide bonds. The SMILES string of the molecule is CC(=O)N1CCc2cc(S(=O)(=O)NCCSc3ccccc3)ccc21. The summed E-state index contributed by atoms with van der Waals surface area (Å²) in [5.41, 5.74) is 1.71. The predicted octanol–water partition coefficient (Wildman–Crippen LogP) is 2.67. The lowest BCUT2D eigenvalue weighted by atomic mass is 10.2. The van der Waals surface area contributed by atoms with Crippen molar-refractivity contribution in [2.75, 3.05) is 23.7 Å². The van der Waals surface area contributed by atoms with Gasteiger partial charge in [-0.1, -0.05) is 18.2 Å². The van der Waals surface area contributed by atoms with E-state index >= 15 is 0 Å². The first-order valence-electron chi connectivity index (χ1n) is 8.06. The van der Waals surface area contributed by atoms with E-state index in [-0.39, 0.29) is 10.8 Å². The summed E-state index contributed by atoms with van der Waals surface area (Å²) in [7, 11) is -3.54. The van der Waals surface area contributed by atoms with Gasteiger partial charge >= 0.3 is 0 Å². The van der Waals surface area contributed by atoms with Gasteiger partial charge in [0.25, 0.3) is 0 Å². The maximum Gasteiger partial charge on any atom is 0.240 e. The lowest BCUT2D eigenvalue weighted by Gasteiger charge is -2.15. The van der Waals surface area contributed by atoms with Gasteiger partial charge in [0.05, 0.1) is 4.90 Å². The second-order valence-electron chi connectivity index (χ2n) is 5.77. The summed E-state index contributed by atoms with van der Waals surface area (Å²) in [5.74, 6) is 0.636. The van der Waals surface area contributed by atoms with Crippen LogP contribution in [0.5, 0.6) is 0 Å². The van der Waals surface area contributed by atoms with Gasteiger partial charge in [0.2, 0.25) is 15.9 Å². The third kappa shape index (κ3) is 4.23. The molecular weight excluding hydrogens is 356 g/mol. The normalized spacial score (nSPS) is 13.7. The van der Waals surface area contributed by atoms with E-state index in [4.69, 9.17) is 0 Å². The van der Waals surface area contributed by atoms with Crippen LogP contribution in [0.4, 0.5) is 5.69 Å². The summed E-state index contributed by atoms with van der Waals surface area (Å²) >= 11 is 1.61. The monoisotopic (exact) mass is 376 g/mol. The van der Waals surface area contributed by atoms with Crippen LogP contribution >= 0.6 is 11.8 Å². The molecule has 0 aliphatic carbocycles. The average molecular weight is 377 g/mol. The molecule has 1 aliphatic heterocycles. The van der Waals surface area contributed by atoms with E-state index in [1.165, 1.54) is 6.92 Å². The predicted molar refractivity (Wildman–Crippen MR) is 101 cm³/mol. The van der Waals surface area contributed by atoms with Crippen molar-refractivity contribution in [2.24, 2.45) is 0 Å². The number of benzene rings is 2. The molecule has 0 bridgehead atoms. The molecule has 25 heavy (non-hydrogen) atoms. The first-order valence-corrected chi connectivity index (χ1v) is 10.5. The highest BCUT2D eigenvalue weighted by Gasteiger charge is 2.24. The largest absolute Gasteiger partial charge is 0.312 e. The van der Waals surface area contributed by atoms with Gasteiger partial charge in [-0.3, -0.25) is 4.79 Å². The Kier molecular flexibility index (Phi) is 5.46. The fourth-order valence-electron chi connectivity index (χ4n) is 2.82. The summed E-state index contributed by atoms with van der Waals surface area (Å²) in [4.78, 5) is 14.6. The van der Waals surface area contributed by atoms with Crippen LogP contribution in [0.2, 0.25) is 0 Å². The Morgan fingerprint density at radius 2 is 1.96 bits per heavy atom. The number of carbonyl (C=O) groups is 1. The zero-order valence-corrected chi connectivity index (χ0v) is 15.6. The number of nitrogens with zero attached hydrogens (tertiary/aromatic N) is 1. The number of carbonyl (C=O) groups excluding carboxylic acids is 1. The van der Waals surface area contributed by atoms with Crippen LogP contribution in [-0.4, -0.2) is 33.2 Å². The molecule has 2 aromatic carbocycles.